The fourth-order valence-corrected chi connectivity index (χ4v) is 1.54. The van der Waals surface area contributed by atoms with Crippen LogP contribution in [-0.2, 0) is 0 Å². The smallest absolute Gasteiger partial charge is 0.224 e. The molecule has 0 amide bonds. The molecule has 0 aromatic carbocycles. The van der Waals surface area contributed by atoms with Gasteiger partial charge in [-0.25, -0.2) is 19.3 Å². The minimum atomic E-state index is -0.754. The van der Waals surface area contributed by atoms with Crippen LogP contribution in [0, 0.1) is 5.82 Å². The van der Waals surface area contributed by atoms with Crippen LogP contribution < -0.4 is 0 Å². The Morgan fingerprint density at radius 1 is 1.07 bits per heavy atom. The topological polar surface area (TPSA) is 38.7 Å². The highest BCUT2D eigenvalue weighted by Crippen LogP contribution is 2.26. The molecular weight excluding hydrogens is 251 g/mol. The van der Waals surface area contributed by atoms with Crippen LogP contribution in [0.5, 0.6) is 0 Å². The first-order valence-electron chi connectivity index (χ1n) is 3.42. The van der Waals surface area contributed by atoms with E-state index in [9.17, 15) is 4.39 Å². The van der Waals surface area contributed by atoms with Gasteiger partial charge in [-0.05, 0) is 11.6 Å². The van der Waals surface area contributed by atoms with Crippen molar-refractivity contribution in [1.82, 2.24) is 15.0 Å². The molecule has 7 heteroatoms. The second-order valence-corrected chi connectivity index (χ2v) is 3.46. The van der Waals surface area contributed by atoms with Crippen LogP contribution in [0.2, 0.25) is 15.6 Å². The Labute approximate surface area is 92.8 Å². The highest BCUT2D eigenvalue weighted by molar-refractivity contribution is 6.36. The van der Waals surface area contributed by atoms with Gasteiger partial charge >= 0.3 is 0 Å². The summed E-state index contributed by atoms with van der Waals surface area (Å²) < 4.78 is 13.4. The second-order valence-electron chi connectivity index (χ2n) is 2.41. The minimum absolute atomic E-state index is 0.0324. The summed E-state index contributed by atoms with van der Waals surface area (Å²) in [4.78, 5) is 10.9. The average Bonchev–Trinajstić information content (AvgIpc) is 2.12. The van der Waals surface area contributed by atoms with E-state index in [2.05, 4.69) is 15.0 Å². The number of hydrogen-bond donors (Lipinski definition) is 0. The van der Waals surface area contributed by atoms with Gasteiger partial charge in [-0.3, -0.25) is 0 Å². The maximum atomic E-state index is 13.4. The van der Waals surface area contributed by atoms with Crippen LogP contribution in [-0.4, -0.2) is 15.0 Å². The lowest BCUT2D eigenvalue weighted by Gasteiger charge is -2.01. The third kappa shape index (κ3) is 1.49. The van der Waals surface area contributed by atoms with Gasteiger partial charge in [0.1, 0.15) is 10.7 Å². The van der Waals surface area contributed by atoms with Crippen molar-refractivity contribution in [3.8, 4) is 0 Å². The lowest BCUT2D eigenvalue weighted by atomic mass is 10.3. The van der Waals surface area contributed by atoms with E-state index in [1.165, 1.54) is 6.20 Å². The van der Waals surface area contributed by atoms with Gasteiger partial charge in [0.2, 0.25) is 5.28 Å². The molecule has 0 unspecified atom stereocenters. The maximum Gasteiger partial charge on any atom is 0.224 e. The summed E-state index contributed by atoms with van der Waals surface area (Å²) in [5.41, 5.74) is -0.0324. The summed E-state index contributed by atoms with van der Waals surface area (Å²) in [5.74, 6) is -0.754. The van der Waals surface area contributed by atoms with E-state index in [1.807, 2.05) is 0 Å². The van der Waals surface area contributed by atoms with Crippen LogP contribution in [0.1, 0.15) is 0 Å². The molecule has 2 aromatic heterocycles. The number of pyridine rings is 1. The molecule has 72 valence electrons. The molecule has 0 spiro atoms. The van der Waals surface area contributed by atoms with Gasteiger partial charge in [-0.15, -0.1) is 0 Å². The van der Waals surface area contributed by atoms with E-state index < -0.39 is 5.82 Å². The molecule has 14 heavy (non-hydrogen) atoms. The van der Waals surface area contributed by atoms with Gasteiger partial charge < -0.3 is 0 Å². The van der Waals surface area contributed by atoms with E-state index >= 15 is 0 Å². The molecule has 0 aliphatic heterocycles. The molecule has 0 fully saturated rings. The van der Waals surface area contributed by atoms with Crippen LogP contribution in [0.3, 0.4) is 0 Å². The zero-order valence-corrected chi connectivity index (χ0v) is 8.70. The molecule has 0 N–H and O–H groups in total. The lowest BCUT2D eigenvalue weighted by molar-refractivity contribution is 0.631. The molecule has 0 saturated heterocycles. The number of fused-ring (bicyclic) bond motifs is 1. The zero-order valence-electron chi connectivity index (χ0n) is 6.43. The van der Waals surface area contributed by atoms with Crippen molar-refractivity contribution in [2.45, 2.75) is 0 Å². The van der Waals surface area contributed by atoms with E-state index in [4.69, 9.17) is 34.8 Å². The highest BCUT2D eigenvalue weighted by atomic mass is 35.5. The first-order chi connectivity index (χ1) is 6.59. The number of hydrogen-bond acceptors (Lipinski definition) is 3. The predicted molar refractivity (Wildman–Crippen MR) is 52.3 cm³/mol. The minimum Gasteiger partial charge on any atom is -0.241 e. The van der Waals surface area contributed by atoms with Crippen molar-refractivity contribution < 1.29 is 4.39 Å². The van der Waals surface area contributed by atoms with Gasteiger partial charge in [0.15, 0.2) is 11.0 Å². The highest BCUT2D eigenvalue weighted by Gasteiger charge is 2.12. The van der Waals surface area contributed by atoms with E-state index in [0.29, 0.717) is 0 Å². The van der Waals surface area contributed by atoms with E-state index in [0.717, 1.165) is 0 Å². The summed E-state index contributed by atoms with van der Waals surface area (Å²) in [6.45, 7) is 0. The maximum absolute atomic E-state index is 13.4. The zero-order chi connectivity index (χ0) is 10.3. The third-order valence-corrected chi connectivity index (χ3v) is 2.29. The summed E-state index contributed by atoms with van der Waals surface area (Å²) in [6.07, 6.45) is 1.29. The third-order valence-electron chi connectivity index (χ3n) is 1.57. The normalized spacial score (nSPS) is 10.9. The molecule has 0 atom stereocenters. The molecule has 0 bridgehead atoms. The predicted octanol–water partition coefficient (Wildman–Crippen LogP) is 3.12. The van der Waals surface area contributed by atoms with Crippen molar-refractivity contribution in [3.63, 3.8) is 0 Å². The van der Waals surface area contributed by atoms with Crippen LogP contribution in [0.25, 0.3) is 10.9 Å². The van der Waals surface area contributed by atoms with Gasteiger partial charge in [-0.2, -0.15) is 0 Å². The van der Waals surface area contributed by atoms with Crippen molar-refractivity contribution in [2.75, 3.05) is 0 Å². The molecule has 0 saturated carbocycles. The molecule has 0 aliphatic rings. The molecule has 2 rings (SSSR count). The Kier molecular flexibility index (Phi) is 2.43. The number of rotatable bonds is 0. The van der Waals surface area contributed by atoms with Crippen molar-refractivity contribution in [1.29, 1.82) is 0 Å². The summed E-state index contributed by atoms with van der Waals surface area (Å²) in [5, 5.41) is -0.0898. The quantitative estimate of drug-likeness (QED) is 0.411. The molecule has 2 heterocycles. The SMILES string of the molecule is Fc1c(Cl)ncc2c(Cl)nc(Cl)nc12. The van der Waals surface area contributed by atoms with Crippen LogP contribution in [0.15, 0.2) is 6.20 Å². The fraction of sp³-hybridized carbons (Fsp3) is 0. The molecule has 0 radical (unpaired) electrons. The van der Waals surface area contributed by atoms with Gasteiger partial charge in [0.25, 0.3) is 0 Å². The van der Waals surface area contributed by atoms with Gasteiger partial charge in [0.05, 0.1) is 5.39 Å². The fourth-order valence-electron chi connectivity index (χ4n) is 0.974. The first-order valence-corrected chi connectivity index (χ1v) is 4.55. The number of nitrogens with zero attached hydrogens (tertiary/aromatic N) is 3. The van der Waals surface area contributed by atoms with Crippen LogP contribution in [0.4, 0.5) is 4.39 Å². The van der Waals surface area contributed by atoms with Crippen molar-refractivity contribution in [2.24, 2.45) is 0 Å². The molecule has 2 aromatic rings. The monoisotopic (exact) mass is 251 g/mol. The van der Waals surface area contributed by atoms with Crippen LogP contribution >= 0.6 is 34.8 Å². The molecule has 0 aliphatic carbocycles. The lowest BCUT2D eigenvalue weighted by Crippen LogP contribution is -1.92. The standard InChI is InChI=1S/C7HCl3FN3/c8-5-2-1-12-6(9)3(11)4(2)13-7(10)14-5/h1H. The van der Waals surface area contributed by atoms with Gasteiger partial charge in [0, 0.05) is 6.20 Å². The molecule has 3 nitrogen and oxygen atoms in total. The van der Waals surface area contributed by atoms with Gasteiger partial charge in [-0.1, -0.05) is 23.2 Å². The average molecular weight is 252 g/mol. The number of halogens is 4. The Hall–Kier alpha value is -0.710. The first kappa shape index (κ1) is 9.83. The van der Waals surface area contributed by atoms with Crippen molar-refractivity contribution in [3.05, 3.63) is 27.6 Å². The summed E-state index contributed by atoms with van der Waals surface area (Å²) in [7, 11) is 0. The molecular formula is C7HCl3FN3. The Balaban J connectivity index is 2.95. The second kappa shape index (κ2) is 3.46. The number of aromatic nitrogens is 3. The Morgan fingerprint density at radius 3 is 2.50 bits per heavy atom. The summed E-state index contributed by atoms with van der Waals surface area (Å²) >= 11 is 16.7. The van der Waals surface area contributed by atoms with E-state index in [1.54, 1.807) is 0 Å². The Morgan fingerprint density at radius 2 is 1.79 bits per heavy atom. The largest absolute Gasteiger partial charge is 0.241 e. The Bertz CT molecular complexity index is 517. The van der Waals surface area contributed by atoms with E-state index in [-0.39, 0.29) is 26.5 Å². The summed E-state index contributed by atoms with van der Waals surface area (Å²) in [6, 6.07) is 0. The van der Waals surface area contributed by atoms with Crippen molar-refractivity contribution >= 4 is 45.7 Å².